The lowest BCUT2D eigenvalue weighted by Crippen LogP contribution is -2.35. The van der Waals surface area contributed by atoms with Crippen molar-refractivity contribution in [3.63, 3.8) is 0 Å². The van der Waals surface area contributed by atoms with Gasteiger partial charge in [0, 0.05) is 24.7 Å². The summed E-state index contributed by atoms with van der Waals surface area (Å²) in [6, 6.07) is 6.79. The fourth-order valence-corrected chi connectivity index (χ4v) is 2.17. The highest BCUT2D eigenvalue weighted by Gasteiger charge is 2.10. The van der Waals surface area contributed by atoms with E-state index < -0.39 is 6.10 Å². The second kappa shape index (κ2) is 7.73. The minimum absolute atomic E-state index is 0.216. The number of anilines is 1. The van der Waals surface area contributed by atoms with Gasteiger partial charge in [0.05, 0.1) is 6.10 Å². The van der Waals surface area contributed by atoms with Crippen LogP contribution in [0, 0.1) is 12.8 Å². The highest BCUT2D eigenvalue weighted by molar-refractivity contribution is 5.89. The molecule has 7 nitrogen and oxygen atoms in total. The van der Waals surface area contributed by atoms with E-state index in [-0.39, 0.29) is 12.6 Å². The fourth-order valence-electron chi connectivity index (χ4n) is 2.17. The number of aliphatic hydroxyl groups excluding tert-OH is 1. The molecule has 0 aliphatic carbocycles. The fraction of sp³-hybridized carbons (Fsp3) is 0.438. The number of nitrogens with one attached hydrogen (secondary N) is 2. The van der Waals surface area contributed by atoms with Gasteiger partial charge in [-0.1, -0.05) is 31.1 Å². The Morgan fingerprint density at radius 3 is 2.83 bits per heavy atom. The Morgan fingerprint density at radius 1 is 1.39 bits per heavy atom. The zero-order chi connectivity index (χ0) is 16.8. The van der Waals surface area contributed by atoms with Crippen LogP contribution in [0.2, 0.25) is 0 Å². The third kappa shape index (κ3) is 5.37. The average Bonchev–Trinajstić information content (AvgIpc) is 2.91. The van der Waals surface area contributed by atoms with Gasteiger partial charge in [0.2, 0.25) is 11.7 Å². The van der Waals surface area contributed by atoms with Crippen molar-refractivity contribution in [3.05, 3.63) is 30.2 Å². The zero-order valence-corrected chi connectivity index (χ0v) is 13.5. The number of carbonyl (C=O) groups excluding carboxylic acids is 1. The number of rotatable bonds is 6. The molecule has 1 atom stereocenters. The summed E-state index contributed by atoms with van der Waals surface area (Å²) < 4.78 is 4.95. The molecule has 124 valence electrons. The molecule has 0 aliphatic heterocycles. The van der Waals surface area contributed by atoms with Crippen LogP contribution in [0.1, 0.15) is 26.2 Å². The molecule has 3 N–H and O–H groups in total. The molecule has 2 rings (SSSR count). The first kappa shape index (κ1) is 17.0. The molecule has 23 heavy (non-hydrogen) atoms. The van der Waals surface area contributed by atoms with E-state index in [1.165, 1.54) is 0 Å². The van der Waals surface area contributed by atoms with Gasteiger partial charge in [-0.3, -0.25) is 0 Å². The second-order valence-electron chi connectivity index (χ2n) is 5.84. The monoisotopic (exact) mass is 318 g/mol. The summed E-state index contributed by atoms with van der Waals surface area (Å²) >= 11 is 0. The first-order chi connectivity index (χ1) is 10.9. The largest absolute Gasteiger partial charge is 0.391 e. The van der Waals surface area contributed by atoms with Crippen molar-refractivity contribution in [1.29, 1.82) is 0 Å². The molecule has 2 aromatic rings. The molecule has 0 spiro atoms. The predicted molar refractivity (Wildman–Crippen MR) is 87.0 cm³/mol. The summed E-state index contributed by atoms with van der Waals surface area (Å²) in [6.07, 6.45) is 0.0989. The van der Waals surface area contributed by atoms with Crippen molar-refractivity contribution in [3.8, 4) is 11.4 Å². The zero-order valence-electron chi connectivity index (χ0n) is 13.5. The summed E-state index contributed by atoms with van der Waals surface area (Å²) in [5.41, 5.74) is 1.36. The van der Waals surface area contributed by atoms with Gasteiger partial charge in [-0.25, -0.2) is 4.79 Å². The van der Waals surface area contributed by atoms with E-state index in [1.807, 2.05) is 19.9 Å². The standard InChI is InChI=1S/C16H22N4O3/c1-10(2)7-14(21)9-17-16(22)19-13-6-4-5-12(8-13)15-18-11(3)23-20-15/h4-6,8,10,14,21H,7,9H2,1-3H3,(H2,17,19,22). The molecule has 1 aromatic carbocycles. The van der Waals surface area contributed by atoms with Crippen molar-refractivity contribution in [2.75, 3.05) is 11.9 Å². The average molecular weight is 318 g/mol. The second-order valence-corrected chi connectivity index (χ2v) is 5.84. The molecule has 7 heteroatoms. The molecule has 0 saturated carbocycles. The number of amides is 2. The Bertz CT molecular complexity index is 654. The molecule has 0 fully saturated rings. The number of benzene rings is 1. The molecule has 1 unspecified atom stereocenters. The lowest BCUT2D eigenvalue weighted by Gasteiger charge is -2.14. The molecule has 1 heterocycles. The van der Waals surface area contributed by atoms with Crippen molar-refractivity contribution in [2.24, 2.45) is 5.92 Å². The lowest BCUT2D eigenvalue weighted by molar-refractivity contribution is 0.148. The van der Waals surface area contributed by atoms with Gasteiger partial charge in [-0.2, -0.15) is 4.98 Å². The van der Waals surface area contributed by atoms with Gasteiger partial charge in [-0.05, 0) is 24.5 Å². The van der Waals surface area contributed by atoms with Crippen LogP contribution in [0.3, 0.4) is 0 Å². The van der Waals surface area contributed by atoms with E-state index >= 15 is 0 Å². The number of carbonyl (C=O) groups is 1. The topological polar surface area (TPSA) is 100 Å². The van der Waals surface area contributed by atoms with Crippen molar-refractivity contribution < 1.29 is 14.4 Å². The van der Waals surface area contributed by atoms with Crippen molar-refractivity contribution in [2.45, 2.75) is 33.3 Å². The Kier molecular flexibility index (Phi) is 5.70. The molecule has 0 bridgehead atoms. The van der Waals surface area contributed by atoms with Gasteiger partial charge in [0.15, 0.2) is 0 Å². The van der Waals surface area contributed by atoms with Crippen LogP contribution in [0.15, 0.2) is 28.8 Å². The Hall–Kier alpha value is -2.41. The van der Waals surface area contributed by atoms with Gasteiger partial charge in [0.25, 0.3) is 0 Å². The summed E-state index contributed by atoms with van der Waals surface area (Å²) in [5.74, 6) is 1.33. The number of hydrogen-bond acceptors (Lipinski definition) is 5. The number of aryl methyl sites for hydroxylation is 1. The van der Waals surface area contributed by atoms with Gasteiger partial charge >= 0.3 is 6.03 Å². The van der Waals surface area contributed by atoms with Gasteiger partial charge in [-0.15, -0.1) is 0 Å². The Morgan fingerprint density at radius 2 is 2.17 bits per heavy atom. The van der Waals surface area contributed by atoms with Crippen LogP contribution >= 0.6 is 0 Å². The van der Waals surface area contributed by atoms with Gasteiger partial charge in [0.1, 0.15) is 0 Å². The molecule has 1 aromatic heterocycles. The van der Waals surface area contributed by atoms with Gasteiger partial charge < -0.3 is 20.3 Å². The minimum atomic E-state index is -0.547. The molecule has 0 radical (unpaired) electrons. The quantitative estimate of drug-likeness (QED) is 0.760. The minimum Gasteiger partial charge on any atom is -0.391 e. The third-order valence-electron chi connectivity index (χ3n) is 3.15. The first-order valence-corrected chi connectivity index (χ1v) is 7.57. The maximum atomic E-state index is 11.9. The highest BCUT2D eigenvalue weighted by atomic mass is 16.5. The van der Waals surface area contributed by atoms with Crippen LogP contribution < -0.4 is 10.6 Å². The van der Waals surface area contributed by atoms with Crippen LogP contribution in [-0.2, 0) is 0 Å². The Labute approximate surface area is 135 Å². The van der Waals surface area contributed by atoms with Crippen LogP contribution in [0.5, 0.6) is 0 Å². The van der Waals surface area contributed by atoms with Crippen LogP contribution in [-0.4, -0.2) is 33.9 Å². The summed E-state index contributed by atoms with van der Waals surface area (Å²) in [7, 11) is 0. The maximum absolute atomic E-state index is 11.9. The Balaban J connectivity index is 1.91. The van der Waals surface area contributed by atoms with Crippen LogP contribution in [0.4, 0.5) is 10.5 Å². The highest BCUT2D eigenvalue weighted by Crippen LogP contribution is 2.19. The smallest absolute Gasteiger partial charge is 0.319 e. The lowest BCUT2D eigenvalue weighted by atomic mass is 10.1. The summed E-state index contributed by atoms with van der Waals surface area (Å²) in [4.78, 5) is 16.0. The molecule has 2 amide bonds. The summed E-state index contributed by atoms with van der Waals surface area (Å²) in [6.45, 7) is 5.98. The molecular weight excluding hydrogens is 296 g/mol. The number of hydrogen-bond donors (Lipinski definition) is 3. The maximum Gasteiger partial charge on any atom is 0.319 e. The van der Waals surface area contributed by atoms with E-state index in [0.717, 1.165) is 5.56 Å². The number of aromatic nitrogens is 2. The number of urea groups is 1. The number of nitrogens with zero attached hydrogens (tertiary/aromatic N) is 2. The summed E-state index contributed by atoms with van der Waals surface area (Å²) in [5, 5.41) is 19.0. The van der Waals surface area contributed by atoms with E-state index in [4.69, 9.17) is 4.52 Å². The molecular formula is C16H22N4O3. The normalized spacial score (nSPS) is 12.2. The van der Waals surface area contributed by atoms with E-state index in [0.29, 0.717) is 29.7 Å². The van der Waals surface area contributed by atoms with Crippen molar-refractivity contribution >= 4 is 11.7 Å². The van der Waals surface area contributed by atoms with Crippen LogP contribution in [0.25, 0.3) is 11.4 Å². The molecule has 0 aliphatic rings. The van der Waals surface area contributed by atoms with E-state index in [1.54, 1.807) is 25.1 Å². The first-order valence-electron chi connectivity index (χ1n) is 7.57. The molecule has 0 saturated heterocycles. The van der Waals surface area contributed by atoms with Crippen molar-refractivity contribution in [1.82, 2.24) is 15.5 Å². The predicted octanol–water partition coefficient (Wildman–Crippen LogP) is 2.57. The number of aliphatic hydroxyl groups is 1. The third-order valence-corrected chi connectivity index (χ3v) is 3.15. The SMILES string of the molecule is Cc1nc(-c2cccc(NC(=O)NCC(O)CC(C)C)c2)no1. The van der Waals surface area contributed by atoms with E-state index in [9.17, 15) is 9.90 Å². The van der Waals surface area contributed by atoms with E-state index in [2.05, 4.69) is 20.8 Å².